The number of aliphatic hydroxyl groups excluding tert-OH is 4. The van der Waals surface area contributed by atoms with Gasteiger partial charge in [0.25, 0.3) is 0 Å². The first-order valence-corrected chi connectivity index (χ1v) is 20.5. The molecule has 0 aliphatic carbocycles. The number of hydrogen-bond donors (Lipinski definition) is 8. The number of alkyl carbamates (subject to hydrolysis) is 1. The first kappa shape index (κ1) is 49.7. The smallest absolute Gasteiger partial charge is 0.407 e. The summed E-state index contributed by atoms with van der Waals surface area (Å²) in [5.74, 6) is -0.934. The first-order valence-electron chi connectivity index (χ1n) is 20.5. The number of ether oxygens (including phenoxy) is 1. The molecule has 61 heavy (non-hydrogen) atoms. The molecule has 11 nitrogen and oxygen atoms in total. The van der Waals surface area contributed by atoms with Crippen LogP contribution in [0.25, 0.3) is 6.08 Å². The first-order chi connectivity index (χ1) is 29.3. The average Bonchev–Trinajstić information content (AvgIpc) is 3.28. The summed E-state index contributed by atoms with van der Waals surface area (Å²) in [4.78, 5) is 22.2. The fourth-order valence-corrected chi connectivity index (χ4v) is 6.06. The minimum Gasteiger partial charge on any atom is -0.480 e. The van der Waals surface area contributed by atoms with Gasteiger partial charge in [-0.3, -0.25) is 10.1 Å². The molecule has 0 aliphatic heterocycles. The molecule has 0 radical (unpaired) electrons. The number of amides is 1. The van der Waals surface area contributed by atoms with Gasteiger partial charge in [-0.05, 0) is 74.3 Å². The van der Waals surface area contributed by atoms with Gasteiger partial charge in [-0.15, -0.1) is 0 Å². The highest BCUT2D eigenvalue weighted by molar-refractivity contribution is 5.73. The molecule has 5 rings (SSSR count). The molecular formula is C50H63N3O8. The van der Waals surface area contributed by atoms with Gasteiger partial charge in [0.15, 0.2) is 0 Å². The van der Waals surface area contributed by atoms with Gasteiger partial charge in [-0.1, -0.05) is 164 Å². The minimum absolute atomic E-state index is 0.0981. The minimum atomic E-state index is -1.01. The third-order valence-electron chi connectivity index (χ3n) is 9.37. The molecule has 5 atom stereocenters. The zero-order valence-corrected chi connectivity index (χ0v) is 35.3. The molecule has 0 unspecified atom stereocenters. The molecule has 1 amide bonds. The van der Waals surface area contributed by atoms with Crippen LogP contribution in [0.1, 0.15) is 67.5 Å². The maximum absolute atomic E-state index is 11.8. The monoisotopic (exact) mass is 833 g/mol. The third kappa shape index (κ3) is 20.0. The molecule has 0 aliphatic rings. The van der Waals surface area contributed by atoms with E-state index in [-0.39, 0.29) is 12.6 Å². The normalized spacial score (nSPS) is 13.7. The lowest BCUT2D eigenvalue weighted by Gasteiger charge is -2.27. The summed E-state index contributed by atoms with van der Waals surface area (Å²) in [5, 5.41) is 53.5. The Morgan fingerprint density at radius 1 is 0.656 bits per heavy atom. The molecule has 0 bridgehead atoms. The summed E-state index contributed by atoms with van der Waals surface area (Å²) in [7, 11) is 0. The summed E-state index contributed by atoms with van der Waals surface area (Å²) in [5.41, 5.74) is 10.3. The van der Waals surface area contributed by atoms with Crippen molar-refractivity contribution in [1.29, 1.82) is 0 Å². The van der Waals surface area contributed by atoms with Crippen LogP contribution in [0.2, 0.25) is 0 Å². The van der Waals surface area contributed by atoms with Crippen LogP contribution < -0.4 is 16.4 Å². The van der Waals surface area contributed by atoms with Crippen LogP contribution in [0, 0.1) is 0 Å². The predicted molar refractivity (Wildman–Crippen MR) is 242 cm³/mol. The van der Waals surface area contributed by atoms with Crippen LogP contribution in [-0.2, 0) is 22.4 Å². The van der Waals surface area contributed by atoms with Crippen LogP contribution in [0.3, 0.4) is 0 Å². The van der Waals surface area contributed by atoms with E-state index in [2.05, 4.69) is 34.9 Å². The van der Waals surface area contributed by atoms with Gasteiger partial charge in [-0.2, -0.15) is 0 Å². The number of nitrogens with two attached hydrogens (primary N) is 1. The molecule has 326 valence electrons. The van der Waals surface area contributed by atoms with Gasteiger partial charge < -0.3 is 41.3 Å². The number of rotatable bonds is 18. The van der Waals surface area contributed by atoms with Crippen molar-refractivity contribution < 1.29 is 39.9 Å². The molecule has 5 aromatic carbocycles. The number of carbonyl (C=O) groups excluding carboxylic acids is 1. The Morgan fingerprint density at radius 3 is 1.51 bits per heavy atom. The Balaban J connectivity index is 0.000000260. The Kier molecular flexibility index (Phi) is 22.2. The summed E-state index contributed by atoms with van der Waals surface area (Å²) in [6.45, 7) is 4.60. The second kappa shape index (κ2) is 27.2. The number of carboxylic acids is 1. The summed E-state index contributed by atoms with van der Waals surface area (Å²) >= 11 is 0. The summed E-state index contributed by atoms with van der Waals surface area (Å²) in [6.07, 6.45) is 3.78. The van der Waals surface area contributed by atoms with Gasteiger partial charge in [-0.25, -0.2) is 4.79 Å². The van der Waals surface area contributed by atoms with Crippen molar-refractivity contribution in [3.05, 3.63) is 186 Å². The number of aryl methyl sites for hydroxylation is 2. The van der Waals surface area contributed by atoms with E-state index in [0.29, 0.717) is 25.7 Å². The molecule has 9 N–H and O–H groups in total. The fourth-order valence-electron chi connectivity index (χ4n) is 6.06. The number of carboxylic acid groups (broad SMARTS) is 1. The quantitative estimate of drug-likeness (QED) is 0.0471. The van der Waals surface area contributed by atoms with Crippen molar-refractivity contribution in [2.24, 2.45) is 5.73 Å². The highest BCUT2D eigenvalue weighted by atomic mass is 16.6. The summed E-state index contributed by atoms with van der Waals surface area (Å²) in [6, 6.07) is 47.9. The van der Waals surface area contributed by atoms with Crippen molar-refractivity contribution in [2.75, 3.05) is 13.2 Å². The highest BCUT2D eigenvalue weighted by Crippen LogP contribution is 2.23. The van der Waals surface area contributed by atoms with Crippen LogP contribution in [-0.4, -0.2) is 86.7 Å². The molecule has 0 heterocycles. The Morgan fingerprint density at radius 2 is 1.08 bits per heavy atom. The van der Waals surface area contributed by atoms with Crippen molar-refractivity contribution in [3.63, 3.8) is 0 Å². The molecule has 0 saturated carbocycles. The SMILES string of the molecule is CC(C)(C)OC(=O)N[C@@H](CCc1ccccc1)[C@H](O)CO.N[C@@H](CCc1ccccc1)C(=O)O.OC[C@@H](O)[C@H](/C=C/c1ccccc1)NC(c1ccccc1)c1ccccc1. The lowest BCUT2D eigenvalue weighted by atomic mass is 9.96. The molecule has 11 heteroatoms. The van der Waals surface area contributed by atoms with E-state index in [1.165, 1.54) is 0 Å². The molecule has 0 saturated heterocycles. The topological polar surface area (TPSA) is 195 Å². The molecule has 0 spiro atoms. The van der Waals surface area contributed by atoms with Crippen LogP contribution in [0.15, 0.2) is 158 Å². The standard InChI is InChI=1S/C24H25NO2.C16H25NO4.C10H13NO2/c26-18-23(27)22(17-16-19-10-4-1-5-11-19)25-24(20-12-6-2-7-13-20)21-14-8-3-9-15-21;1-16(2,3)21-15(20)17-13(14(19)11-18)10-9-12-7-5-4-6-8-12;11-9(10(12)13)7-6-8-4-2-1-3-5-8/h1-17,22-27H,18H2;4-8,13-14,18-19H,9-11H2,1-3H3,(H,17,20);1-5,9H,6-7,11H2,(H,12,13)/b17-16+;;/t22-,23+;13-,14+;9-/m000/s1. The number of aliphatic hydroxyl groups is 4. The van der Waals surface area contributed by atoms with Gasteiger partial charge >= 0.3 is 12.1 Å². The van der Waals surface area contributed by atoms with Gasteiger partial charge in [0.05, 0.1) is 43.5 Å². The lowest BCUT2D eigenvalue weighted by molar-refractivity contribution is -0.138. The van der Waals surface area contributed by atoms with E-state index >= 15 is 0 Å². The third-order valence-corrected chi connectivity index (χ3v) is 9.37. The number of hydrogen-bond acceptors (Lipinski definition) is 9. The number of aliphatic carboxylic acids is 1. The zero-order chi connectivity index (χ0) is 44.5. The van der Waals surface area contributed by atoms with E-state index in [1.807, 2.05) is 140 Å². The maximum atomic E-state index is 11.8. The van der Waals surface area contributed by atoms with Crippen molar-refractivity contribution in [3.8, 4) is 0 Å². The fraction of sp³-hybridized carbons (Fsp3) is 0.320. The average molecular weight is 834 g/mol. The van der Waals surface area contributed by atoms with Crippen molar-refractivity contribution >= 4 is 18.1 Å². The summed E-state index contributed by atoms with van der Waals surface area (Å²) < 4.78 is 5.17. The largest absolute Gasteiger partial charge is 0.480 e. The Bertz CT molecular complexity index is 1910. The number of nitrogens with one attached hydrogen (secondary N) is 2. The highest BCUT2D eigenvalue weighted by Gasteiger charge is 2.25. The molecule has 5 aromatic rings. The Hall–Kier alpha value is -5.66. The maximum Gasteiger partial charge on any atom is 0.407 e. The second-order valence-electron chi connectivity index (χ2n) is 15.5. The van der Waals surface area contributed by atoms with Gasteiger partial charge in [0.2, 0.25) is 0 Å². The second-order valence-corrected chi connectivity index (χ2v) is 15.5. The lowest BCUT2D eigenvalue weighted by Crippen LogP contribution is -2.47. The van der Waals surface area contributed by atoms with Gasteiger partial charge in [0.1, 0.15) is 11.6 Å². The molecule has 0 fully saturated rings. The molecule has 0 aromatic heterocycles. The van der Waals surface area contributed by atoms with Crippen LogP contribution in [0.5, 0.6) is 0 Å². The number of benzene rings is 5. The van der Waals surface area contributed by atoms with Crippen molar-refractivity contribution in [2.45, 2.75) is 88.4 Å². The van der Waals surface area contributed by atoms with E-state index in [0.717, 1.165) is 27.8 Å². The van der Waals surface area contributed by atoms with E-state index < -0.39 is 54.6 Å². The van der Waals surface area contributed by atoms with E-state index in [4.69, 9.17) is 20.7 Å². The Labute approximate surface area is 360 Å². The predicted octanol–water partition coefficient (Wildman–Crippen LogP) is 6.70. The van der Waals surface area contributed by atoms with Crippen molar-refractivity contribution in [1.82, 2.24) is 10.6 Å². The van der Waals surface area contributed by atoms with Crippen LogP contribution in [0.4, 0.5) is 4.79 Å². The van der Waals surface area contributed by atoms with Gasteiger partial charge in [0, 0.05) is 0 Å². The number of carbonyl (C=O) groups is 2. The van der Waals surface area contributed by atoms with Crippen LogP contribution >= 0.6 is 0 Å². The zero-order valence-electron chi connectivity index (χ0n) is 35.3. The molecular weight excluding hydrogens is 771 g/mol. The van der Waals surface area contributed by atoms with E-state index in [9.17, 15) is 24.9 Å². The van der Waals surface area contributed by atoms with E-state index in [1.54, 1.807) is 20.8 Å².